The zero-order chi connectivity index (χ0) is 18.4. The molecule has 1 amide bonds. The minimum atomic E-state index is -3.33. The molecular weight excluding hydrogens is 356 g/mol. The van der Waals surface area contributed by atoms with Crippen LogP contribution in [0.15, 0.2) is 48.5 Å². The number of hydrogen-bond acceptors (Lipinski definition) is 4. The molecular formula is C18H22N2O3S2. The van der Waals surface area contributed by atoms with E-state index in [4.69, 9.17) is 0 Å². The van der Waals surface area contributed by atoms with E-state index in [1.807, 2.05) is 6.92 Å². The Morgan fingerprint density at radius 2 is 1.84 bits per heavy atom. The summed E-state index contributed by atoms with van der Waals surface area (Å²) in [6.07, 6.45) is 1.14. The number of amides is 1. The Labute approximate surface area is 153 Å². The lowest BCUT2D eigenvalue weighted by Gasteiger charge is -2.17. The molecule has 0 saturated heterocycles. The molecule has 0 aliphatic heterocycles. The average Bonchev–Trinajstić information content (AvgIpc) is 2.55. The number of hydrogen-bond donors (Lipinski definition) is 1. The van der Waals surface area contributed by atoms with Crippen LogP contribution >= 0.6 is 11.8 Å². The summed E-state index contributed by atoms with van der Waals surface area (Å²) in [4.78, 5) is 12.1. The first kappa shape index (κ1) is 19.3. The zero-order valence-electron chi connectivity index (χ0n) is 14.5. The highest BCUT2D eigenvalue weighted by molar-refractivity contribution is 7.99. The minimum absolute atomic E-state index is 0.115. The summed E-state index contributed by atoms with van der Waals surface area (Å²) in [5.74, 6) is 0.987. The lowest BCUT2D eigenvalue weighted by atomic mass is 10.2. The third-order valence-corrected chi connectivity index (χ3v) is 5.82. The van der Waals surface area contributed by atoms with Crippen molar-refractivity contribution in [3.05, 3.63) is 59.7 Å². The molecule has 7 heteroatoms. The van der Waals surface area contributed by atoms with E-state index >= 15 is 0 Å². The van der Waals surface area contributed by atoms with Gasteiger partial charge in [-0.1, -0.05) is 35.9 Å². The maximum atomic E-state index is 12.1. The van der Waals surface area contributed by atoms with Crippen molar-refractivity contribution in [3.63, 3.8) is 0 Å². The van der Waals surface area contributed by atoms with Crippen LogP contribution in [0.3, 0.4) is 0 Å². The Hall–Kier alpha value is -1.99. The Morgan fingerprint density at radius 3 is 2.48 bits per heavy atom. The van der Waals surface area contributed by atoms with Crippen molar-refractivity contribution in [1.82, 2.24) is 0 Å². The summed E-state index contributed by atoms with van der Waals surface area (Å²) >= 11 is 1.54. The van der Waals surface area contributed by atoms with E-state index in [0.717, 1.165) is 12.0 Å². The van der Waals surface area contributed by atoms with Crippen LogP contribution in [-0.4, -0.2) is 33.4 Å². The number of thioether (sulfide) groups is 1. The highest BCUT2D eigenvalue weighted by Crippen LogP contribution is 2.21. The van der Waals surface area contributed by atoms with E-state index in [2.05, 4.69) is 29.6 Å². The van der Waals surface area contributed by atoms with Gasteiger partial charge in [-0.15, -0.1) is 11.8 Å². The van der Waals surface area contributed by atoms with Crippen molar-refractivity contribution in [3.8, 4) is 0 Å². The fourth-order valence-electron chi connectivity index (χ4n) is 2.11. The summed E-state index contributed by atoms with van der Waals surface area (Å²) in [6.45, 7) is 2.04. The molecule has 2 aromatic carbocycles. The smallest absolute Gasteiger partial charge is 0.234 e. The van der Waals surface area contributed by atoms with Gasteiger partial charge in [-0.25, -0.2) is 8.42 Å². The molecule has 0 fully saturated rings. The highest BCUT2D eigenvalue weighted by Gasteiger charge is 2.12. The van der Waals surface area contributed by atoms with Crippen LogP contribution in [0.5, 0.6) is 0 Å². The van der Waals surface area contributed by atoms with Gasteiger partial charge < -0.3 is 5.32 Å². The average molecular weight is 379 g/mol. The fraction of sp³-hybridized carbons (Fsp3) is 0.278. The Morgan fingerprint density at radius 1 is 1.16 bits per heavy atom. The predicted octanol–water partition coefficient (Wildman–Crippen LogP) is 3.26. The van der Waals surface area contributed by atoms with Gasteiger partial charge in [0.15, 0.2) is 0 Å². The van der Waals surface area contributed by atoms with Crippen molar-refractivity contribution >= 4 is 39.1 Å². The van der Waals surface area contributed by atoms with Crippen molar-refractivity contribution in [1.29, 1.82) is 0 Å². The van der Waals surface area contributed by atoms with Gasteiger partial charge in [-0.05, 0) is 30.7 Å². The van der Waals surface area contributed by atoms with Crippen molar-refractivity contribution in [2.45, 2.75) is 12.7 Å². The monoisotopic (exact) mass is 378 g/mol. The summed E-state index contributed by atoms with van der Waals surface area (Å²) in [5.41, 5.74) is 3.48. The highest BCUT2D eigenvalue weighted by atomic mass is 32.2. The SMILES string of the molecule is Cc1ccc(CSCC(=O)Nc2cccc(N(C)S(C)(=O)=O)c2)cc1. The third kappa shape index (κ3) is 6.10. The molecule has 1 N–H and O–H groups in total. The van der Waals surface area contributed by atoms with Crippen LogP contribution in [0, 0.1) is 6.92 Å². The fourth-order valence-corrected chi connectivity index (χ4v) is 3.40. The molecule has 0 bridgehead atoms. The maximum absolute atomic E-state index is 12.1. The molecule has 0 spiro atoms. The zero-order valence-corrected chi connectivity index (χ0v) is 16.2. The number of carbonyl (C=O) groups is 1. The lowest BCUT2D eigenvalue weighted by molar-refractivity contribution is -0.113. The summed E-state index contributed by atoms with van der Waals surface area (Å²) < 4.78 is 24.4. The second-order valence-electron chi connectivity index (χ2n) is 5.81. The van der Waals surface area contributed by atoms with E-state index in [1.54, 1.807) is 24.3 Å². The number of aryl methyl sites for hydroxylation is 1. The number of benzene rings is 2. The van der Waals surface area contributed by atoms with E-state index < -0.39 is 10.0 Å². The van der Waals surface area contributed by atoms with Gasteiger partial charge in [0, 0.05) is 18.5 Å². The summed E-state index contributed by atoms with van der Waals surface area (Å²) in [6, 6.07) is 15.0. The topological polar surface area (TPSA) is 66.5 Å². The second-order valence-corrected chi connectivity index (χ2v) is 8.81. The first-order chi connectivity index (χ1) is 11.8. The van der Waals surface area contributed by atoms with Gasteiger partial charge >= 0.3 is 0 Å². The van der Waals surface area contributed by atoms with Crippen LogP contribution in [0.1, 0.15) is 11.1 Å². The molecule has 0 unspecified atom stereocenters. The minimum Gasteiger partial charge on any atom is -0.325 e. The largest absolute Gasteiger partial charge is 0.325 e. The van der Waals surface area contributed by atoms with E-state index in [1.165, 1.54) is 34.2 Å². The first-order valence-electron chi connectivity index (χ1n) is 7.73. The van der Waals surface area contributed by atoms with Gasteiger partial charge in [0.2, 0.25) is 15.9 Å². The molecule has 0 aromatic heterocycles. The quantitative estimate of drug-likeness (QED) is 0.803. The van der Waals surface area contributed by atoms with Gasteiger partial charge in [0.25, 0.3) is 0 Å². The normalized spacial score (nSPS) is 11.2. The van der Waals surface area contributed by atoms with Crippen LogP contribution < -0.4 is 9.62 Å². The molecule has 0 atom stereocenters. The summed E-state index contributed by atoms with van der Waals surface area (Å²) in [5, 5.41) is 2.80. The standard InChI is InChI=1S/C18H22N2O3S2/c1-14-7-9-15(10-8-14)12-24-13-18(21)19-16-5-4-6-17(11-16)20(2)25(3,22)23/h4-11H,12-13H2,1-3H3,(H,19,21). The molecule has 25 heavy (non-hydrogen) atoms. The molecule has 2 rings (SSSR count). The molecule has 134 valence electrons. The Balaban J connectivity index is 1.89. The Kier molecular flexibility index (Phi) is 6.50. The molecule has 2 aromatic rings. The van der Waals surface area contributed by atoms with Gasteiger partial charge in [-0.2, -0.15) is 0 Å². The van der Waals surface area contributed by atoms with Crippen molar-refractivity contribution < 1.29 is 13.2 Å². The van der Waals surface area contributed by atoms with Gasteiger partial charge in [-0.3, -0.25) is 9.10 Å². The van der Waals surface area contributed by atoms with Crippen molar-refractivity contribution in [2.24, 2.45) is 0 Å². The number of nitrogens with one attached hydrogen (secondary N) is 1. The number of carbonyl (C=O) groups excluding carboxylic acids is 1. The lowest BCUT2D eigenvalue weighted by Crippen LogP contribution is -2.25. The molecule has 0 aliphatic carbocycles. The second kappa shape index (κ2) is 8.40. The van der Waals surface area contributed by atoms with Crippen LogP contribution in [0.25, 0.3) is 0 Å². The summed E-state index contributed by atoms with van der Waals surface area (Å²) in [7, 11) is -1.85. The maximum Gasteiger partial charge on any atom is 0.234 e. The molecule has 0 heterocycles. The molecule has 0 radical (unpaired) electrons. The van der Waals surface area contributed by atoms with Crippen LogP contribution in [-0.2, 0) is 20.6 Å². The van der Waals surface area contributed by atoms with Gasteiger partial charge in [0.1, 0.15) is 0 Å². The number of anilines is 2. The first-order valence-corrected chi connectivity index (χ1v) is 10.7. The predicted molar refractivity (Wildman–Crippen MR) is 106 cm³/mol. The van der Waals surface area contributed by atoms with E-state index in [9.17, 15) is 13.2 Å². The Bertz CT molecular complexity index is 834. The molecule has 5 nitrogen and oxygen atoms in total. The van der Waals surface area contributed by atoms with E-state index in [0.29, 0.717) is 17.1 Å². The third-order valence-electron chi connectivity index (χ3n) is 3.61. The number of sulfonamides is 1. The molecule has 0 aliphatic rings. The van der Waals surface area contributed by atoms with Crippen molar-refractivity contribution in [2.75, 3.05) is 28.7 Å². The number of rotatable bonds is 7. The van der Waals surface area contributed by atoms with Crippen LogP contribution in [0.2, 0.25) is 0 Å². The molecule has 0 saturated carbocycles. The van der Waals surface area contributed by atoms with Crippen LogP contribution in [0.4, 0.5) is 11.4 Å². The van der Waals surface area contributed by atoms with E-state index in [-0.39, 0.29) is 5.91 Å². The number of nitrogens with zero attached hydrogens (tertiary/aromatic N) is 1. The van der Waals surface area contributed by atoms with Gasteiger partial charge in [0.05, 0.1) is 17.7 Å².